The molecule has 1 aromatic rings. The second-order valence-electron chi connectivity index (χ2n) is 3.48. The maximum Gasteiger partial charge on any atom is 0.417 e. The third-order valence-corrected chi connectivity index (χ3v) is 3.06. The lowest BCUT2D eigenvalue weighted by Gasteiger charge is -2.11. The summed E-state index contributed by atoms with van der Waals surface area (Å²) in [4.78, 5) is 15.1. The molecule has 0 radical (unpaired) electrons. The molecule has 1 N–H and O–H groups in total. The summed E-state index contributed by atoms with van der Waals surface area (Å²) in [7, 11) is 0. The van der Waals surface area contributed by atoms with Gasteiger partial charge in [-0.25, -0.2) is 0 Å². The molecule has 1 aromatic heterocycles. The molecule has 0 spiro atoms. The summed E-state index contributed by atoms with van der Waals surface area (Å²) in [6.07, 6.45) is -2.73. The first-order valence-corrected chi connectivity index (χ1v) is 6.55. The van der Waals surface area contributed by atoms with Crippen LogP contribution in [0.25, 0.3) is 0 Å². The van der Waals surface area contributed by atoms with E-state index in [0.717, 1.165) is 18.5 Å². The summed E-state index contributed by atoms with van der Waals surface area (Å²) < 4.78 is 49.7. The van der Waals surface area contributed by atoms with Crippen molar-refractivity contribution >= 4 is 17.7 Å². The molecule has 0 aliphatic rings. The maximum absolute atomic E-state index is 12.6. The molecule has 0 bridgehead atoms. The van der Waals surface area contributed by atoms with Crippen LogP contribution in [0.5, 0.6) is 0 Å². The zero-order valence-electron chi connectivity index (χ0n) is 9.84. The van der Waals surface area contributed by atoms with Gasteiger partial charge in [0.25, 0.3) is 5.91 Å². The van der Waals surface area contributed by atoms with Crippen LogP contribution < -0.4 is 5.32 Å². The van der Waals surface area contributed by atoms with E-state index in [2.05, 4.69) is 10.3 Å². The average molecular weight is 296 g/mol. The average Bonchev–Trinajstić information content (AvgIpc) is 2.37. The normalized spacial score (nSPS) is 11.4. The Labute approximate surface area is 111 Å². The van der Waals surface area contributed by atoms with Crippen LogP contribution >= 0.6 is 11.8 Å². The zero-order valence-corrected chi connectivity index (χ0v) is 10.7. The maximum atomic E-state index is 12.6. The Balaban J connectivity index is 2.62. The Morgan fingerprint density at radius 2 is 2.11 bits per heavy atom. The van der Waals surface area contributed by atoms with Crippen molar-refractivity contribution in [1.29, 1.82) is 0 Å². The van der Waals surface area contributed by atoms with E-state index >= 15 is 0 Å². The van der Waals surface area contributed by atoms with Crippen molar-refractivity contribution in [3.63, 3.8) is 0 Å². The summed E-state index contributed by atoms with van der Waals surface area (Å²) in [6.45, 7) is -0.296. The van der Waals surface area contributed by atoms with E-state index in [1.165, 1.54) is 11.8 Å². The Morgan fingerprint density at radius 3 is 2.74 bits per heavy atom. The number of hydrogen-bond donors (Lipinski definition) is 1. The van der Waals surface area contributed by atoms with Gasteiger partial charge in [0.1, 0.15) is 0 Å². The molecule has 3 nitrogen and oxygen atoms in total. The smallest absolute Gasteiger partial charge is 0.351 e. The number of carbonyl (C=O) groups excluding carboxylic acids is 1. The van der Waals surface area contributed by atoms with Gasteiger partial charge >= 0.3 is 6.18 Å². The number of alkyl halides is 4. The quantitative estimate of drug-likeness (QED) is 0.648. The minimum atomic E-state index is -4.60. The molecule has 106 valence electrons. The van der Waals surface area contributed by atoms with Crippen LogP contribution in [-0.2, 0) is 6.18 Å². The standard InChI is InChI=1S/C11H12F4N2OS/c12-2-5-19-6-4-17-10(18)8-7-16-3-1-9(8)11(13,14)15/h1,3,7H,2,4-6H2,(H,17,18). The summed E-state index contributed by atoms with van der Waals surface area (Å²) in [5.74, 6) is -0.0883. The summed E-state index contributed by atoms with van der Waals surface area (Å²) in [6, 6.07) is 0.757. The lowest BCUT2D eigenvalue weighted by Crippen LogP contribution is -2.28. The van der Waals surface area contributed by atoms with E-state index in [9.17, 15) is 22.4 Å². The predicted molar refractivity (Wildman–Crippen MR) is 64.9 cm³/mol. The van der Waals surface area contributed by atoms with Crippen LogP contribution in [0.1, 0.15) is 15.9 Å². The van der Waals surface area contributed by atoms with E-state index in [4.69, 9.17) is 0 Å². The number of rotatable bonds is 6. The van der Waals surface area contributed by atoms with Crippen LogP contribution in [0.4, 0.5) is 17.6 Å². The van der Waals surface area contributed by atoms with E-state index in [0.29, 0.717) is 11.5 Å². The number of thioether (sulfide) groups is 1. The van der Waals surface area contributed by atoms with Gasteiger partial charge in [-0.05, 0) is 6.07 Å². The van der Waals surface area contributed by atoms with Crippen molar-refractivity contribution in [3.8, 4) is 0 Å². The highest BCUT2D eigenvalue weighted by molar-refractivity contribution is 7.99. The predicted octanol–water partition coefficient (Wildman–Crippen LogP) is 2.53. The van der Waals surface area contributed by atoms with Gasteiger partial charge in [-0.1, -0.05) is 0 Å². The first-order valence-electron chi connectivity index (χ1n) is 5.40. The fourth-order valence-electron chi connectivity index (χ4n) is 1.31. The second-order valence-corrected chi connectivity index (χ2v) is 4.70. The molecule has 0 fully saturated rings. The topological polar surface area (TPSA) is 42.0 Å². The molecule has 19 heavy (non-hydrogen) atoms. The number of pyridine rings is 1. The number of nitrogens with one attached hydrogen (secondary N) is 1. The molecule has 8 heteroatoms. The van der Waals surface area contributed by atoms with E-state index in [1.807, 2.05) is 0 Å². The van der Waals surface area contributed by atoms with Crippen molar-refractivity contribution in [2.24, 2.45) is 0 Å². The molecule has 0 aromatic carbocycles. The molecule has 1 amide bonds. The Morgan fingerprint density at radius 1 is 1.37 bits per heavy atom. The second kappa shape index (κ2) is 7.32. The summed E-state index contributed by atoms with van der Waals surface area (Å²) >= 11 is 1.27. The number of carbonyl (C=O) groups is 1. The van der Waals surface area contributed by atoms with Crippen LogP contribution in [0.15, 0.2) is 18.5 Å². The summed E-state index contributed by atoms with van der Waals surface area (Å²) in [5.41, 5.74) is -1.53. The zero-order chi connectivity index (χ0) is 14.3. The van der Waals surface area contributed by atoms with Crippen LogP contribution in [0.2, 0.25) is 0 Å². The largest absolute Gasteiger partial charge is 0.417 e. The highest BCUT2D eigenvalue weighted by Gasteiger charge is 2.35. The molecule has 0 aliphatic carbocycles. The van der Waals surface area contributed by atoms with Crippen molar-refractivity contribution in [3.05, 3.63) is 29.6 Å². The SMILES string of the molecule is O=C(NCCSCCF)c1cnccc1C(F)(F)F. The lowest BCUT2D eigenvalue weighted by atomic mass is 10.1. The van der Waals surface area contributed by atoms with Gasteiger partial charge in [-0.15, -0.1) is 0 Å². The van der Waals surface area contributed by atoms with Gasteiger partial charge in [-0.3, -0.25) is 14.2 Å². The fourth-order valence-corrected chi connectivity index (χ4v) is 1.87. The number of hydrogen-bond acceptors (Lipinski definition) is 3. The van der Waals surface area contributed by atoms with Gasteiger partial charge in [0.2, 0.25) is 0 Å². The van der Waals surface area contributed by atoms with Crippen LogP contribution in [0.3, 0.4) is 0 Å². The van der Waals surface area contributed by atoms with Gasteiger partial charge in [0, 0.05) is 30.4 Å². The van der Waals surface area contributed by atoms with Crippen molar-refractivity contribution in [1.82, 2.24) is 10.3 Å². The van der Waals surface area contributed by atoms with Crippen molar-refractivity contribution in [2.45, 2.75) is 6.18 Å². The Bertz CT molecular complexity index is 425. The molecule has 0 saturated carbocycles. The molecule has 0 aliphatic heterocycles. The third-order valence-electron chi connectivity index (χ3n) is 2.12. The minimum Gasteiger partial charge on any atom is -0.351 e. The number of nitrogens with zero attached hydrogens (tertiary/aromatic N) is 1. The molecule has 1 rings (SSSR count). The molecular formula is C11H12F4N2OS. The van der Waals surface area contributed by atoms with Crippen molar-refractivity contribution < 1.29 is 22.4 Å². The fraction of sp³-hybridized carbons (Fsp3) is 0.455. The van der Waals surface area contributed by atoms with Gasteiger partial charge < -0.3 is 5.32 Å². The summed E-state index contributed by atoms with van der Waals surface area (Å²) in [5, 5.41) is 2.35. The minimum absolute atomic E-state index is 0.176. The Kier molecular flexibility index (Phi) is 6.07. The number of amides is 1. The molecular weight excluding hydrogens is 284 g/mol. The van der Waals surface area contributed by atoms with Gasteiger partial charge in [0.15, 0.2) is 0 Å². The molecule has 0 saturated heterocycles. The van der Waals surface area contributed by atoms with Crippen LogP contribution in [0, 0.1) is 0 Å². The van der Waals surface area contributed by atoms with Gasteiger partial charge in [0.05, 0.1) is 17.8 Å². The van der Waals surface area contributed by atoms with Crippen LogP contribution in [-0.4, -0.2) is 35.6 Å². The monoisotopic (exact) mass is 296 g/mol. The molecule has 1 heterocycles. The lowest BCUT2D eigenvalue weighted by molar-refractivity contribution is -0.138. The van der Waals surface area contributed by atoms with E-state index in [-0.39, 0.29) is 6.54 Å². The molecule has 0 atom stereocenters. The first-order chi connectivity index (χ1) is 8.96. The van der Waals surface area contributed by atoms with E-state index in [1.54, 1.807) is 0 Å². The molecule has 0 unspecified atom stereocenters. The number of aromatic nitrogens is 1. The van der Waals surface area contributed by atoms with E-state index < -0.39 is 29.9 Å². The first kappa shape index (κ1) is 15.7. The Hall–Kier alpha value is -1.31. The van der Waals surface area contributed by atoms with Crippen molar-refractivity contribution in [2.75, 3.05) is 24.7 Å². The van der Waals surface area contributed by atoms with Gasteiger partial charge in [-0.2, -0.15) is 24.9 Å². The number of halogens is 4. The highest BCUT2D eigenvalue weighted by Crippen LogP contribution is 2.31. The third kappa shape index (κ3) is 5.06. The highest BCUT2D eigenvalue weighted by atomic mass is 32.2.